The Balaban J connectivity index is 2.09. The zero-order chi connectivity index (χ0) is 14.8. The first-order valence-corrected chi connectivity index (χ1v) is 8.58. The Morgan fingerprint density at radius 2 is 1.95 bits per heavy atom. The Morgan fingerprint density at radius 3 is 2.50 bits per heavy atom. The normalized spacial score (nSPS) is 23.6. The number of rotatable bonds is 3. The van der Waals surface area contributed by atoms with Crippen LogP contribution in [0, 0.1) is 0 Å². The number of nitrogens with one attached hydrogen (secondary N) is 1. The Kier molecular flexibility index (Phi) is 4.78. The molecule has 0 bridgehead atoms. The quantitative estimate of drug-likeness (QED) is 0.931. The molecular formula is C15H25N3OS. The van der Waals surface area contributed by atoms with Gasteiger partial charge in [0.2, 0.25) is 0 Å². The van der Waals surface area contributed by atoms with Gasteiger partial charge >= 0.3 is 0 Å². The first kappa shape index (κ1) is 15.4. The summed E-state index contributed by atoms with van der Waals surface area (Å²) in [5.41, 5.74) is -0.237. The van der Waals surface area contributed by atoms with Crippen molar-refractivity contribution < 1.29 is 0 Å². The monoisotopic (exact) mass is 295 g/mol. The van der Waals surface area contributed by atoms with Crippen LogP contribution in [-0.2, 0) is 5.54 Å². The minimum atomic E-state index is -0.215. The topological polar surface area (TPSA) is 46.9 Å². The van der Waals surface area contributed by atoms with Crippen molar-refractivity contribution in [1.82, 2.24) is 9.55 Å². The van der Waals surface area contributed by atoms with E-state index in [1.54, 1.807) is 17.0 Å². The lowest BCUT2D eigenvalue weighted by molar-refractivity contribution is 0.382. The highest BCUT2D eigenvalue weighted by Crippen LogP contribution is 2.28. The highest BCUT2D eigenvalue weighted by atomic mass is 32.2. The molecule has 0 amide bonds. The molecule has 20 heavy (non-hydrogen) atoms. The predicted molar refractivity (Wildman–Crippen MR) is 86.7 cm³/mol. The summed E-state index contributed by atoms with van der Waals surface area (Å²) < 4.78 is 1.75. The van der Waals surface area contributed by atoms with Crippen LogP contribution in [0.15, 0.2) is 17.2 Å². The molecule has 1 fully saturated rings. The van der Waals surface area contributed by atoms with Gasteiger partial charge in [-0.3, -0.25) is 4.79 Å². The summed E-state index contributed by atoms with van der Waals surface area (Å²) in [6.07, 6.45) is 10.3. The molecule has 5 heteroatoms. The van der Waals surface area contributed by atoms with E-state index in [0.29, 0.717) is 11.9 Å². The van der Waals surface area contributed by atoms with E-state index < -0.39 is 0 Å². The third-order valence-corrected chi connectivity index (χ3v) is 5.05. The molecule has 0 saturated heterocycles. The summed E-state index contributed by atoms with van der Waals surface area (Å²) >= 11 is 1.95. The second kappa shape index (κ2) is 6.20. The summed E-state index contributed by atoms with van der Waals surface area (Å²) in [6.45, 7) is 6.09. The largest absolute Gasteiger partial charge is 0.363 e. The van der Waals surface area contributed by atoms with Crippen LogP contribution in [0.1, 0.15) is 46.5 Å². The number of aromatic nitrogens is 2. The van der Waals surface area contributed by atoms with E-state index in [0.717, 1.165) is 18.1 Å². The van der Waals surface area contributed by atoms with Gasteiger partial charge in [-0.1, -0.05) is 0 Å². The molecule has 1 aliphatic carbocycles. The van der Waals surface area contributed by atoms with Crippen LogP contribution < -0.4 is 10.9 Å². The fraction of sp³-hybridized carbons (Fsp3) is 0.733. The molecule has 0 aliphatic heterocycles. The maximum atomic E-state index is 12.4. The van der Waals surface area contributed by atoms with Crippen LogP contribution in [0.5, 0.6) is 0 Å². The Morgan fingerprint density at radius 1 is 1.30 bits per heavy atom. The van der Waals surface area contributed by atoms with Gasteiger partial charge in [-0.05, 0) is 52.7 Å². The molecule has 1 saturated carbocycles. The molecule has 112 valence electrons. The Bertz CT molecular complexity index is 499. The van der Waals surface area contributed by atoms with Crippen molar-refractivity contribution >= 4 is 17.6 Å². The van der Waals surface area contributed by atoms with E-state index in [1.807, 2.05) is 32.5 Å². The second-order valence-electron chi connectivity index (χ2n) is 6.48. The van der Waals surface area contributed by atoms with E-state index in [-0.39, 0.29) is 11.1 Å². The number of hydrogen-bond donors (Lipinski definition) is 1. The van der Waals surface area contributed by atoms with Crippen LogP contribution in [0.25, 0.3) is 0 Å². The number of thioether (sulfide) groups is 1. The molecule has 4 nitrogen and oxygen atoms in total. The Hall–Kier alpha value is -0.970. The van der Waals surface area contributed by atoms with Gasteiger partial charge in [0.25, 0.3) is 5.56 Å². The van der Waals surface area contributed by atoms with Crippen molar-refractivity contribution in [3.05, 3.63) is 22.7 Å². The van der Waals surface area contributed by atoms with Crippen molar-refractivity contribution in [1.29, 1.82) is 0 Å². The van der Waals surface area contributed by atoms with Crippen LogP contribution in [-0.4, -0.2) is 27.1 Å². The van der Waals surface area contributed by atoms with Crippen LogP contribution in [0.3, 0.4) is 0 Å². The van der Waals surface area contributed by atoms with Crippen molar-refractivity contribution in [2.45, 2.75) is 63.3 Å². The molecule has 0 radical (unpaired) electrons. The van der Waals surface area contributed by atoms with Crippen LogP contribution in [0.2, 0.25) is 0 Å². The minimum Gasteiger partial charge on any atom is -0.363 e. The maximum absolute atomic E-state index is 12.4. The minimum absolute atomic E-state index is 0.0213. The highest BCUT2D eigenvalue weighted by molar-refractivity contribution is 7.99. The van der Waals surface area contributed by atoms with Gasteiger partial charge in [-0.15, -0.1) is 0 Å². The summed E-state index contributed by atoms with van der Waals surface area (Å²) in [4.78, 5) is 16.7. The molecule has 1 aromatic heterocycles. The summed E-state index contributed by atoms with van der Waals surface area (Å²) in [5, 5.41) is 4.13. The molecule has 1 N–H and O–H groups in total. The standard InChI is InChI=1S/C15H25N3OS/c1-15(2,3)18-10-9-16-13(14(18)19)17-11-5-7-12(20-4)8-6-11/h9-12H,5-8H2,1-4H3,(H,16,17). The molecule has 2 rings (SSSR count). The Labute approximate surface area is 125 Å². The zero-order valence-electron chi connectivity index (χ0n) is 12.8. The summed E-state index contributed by atoms with van der Waals surface area (Å²) in [5.74, 6) is 0.495. The third kappa shape index (κ3) is 3.57. The van der Waals surface area contributed by atoms with Crippen LogP contribution >= 0.6 is 11.8 Å². The van der Waals surface area contributed by atoms with Crippen molar-refractivity contribution in [3.63, 3.8) is 0 Å². The molecule has 0 atom stereocenters. The lowest BCUT2D eigenvalue weighted by atomic mass is 9.95. The van der Waals surface area contributed by atoms with E-state index in [9.17, 15) is 4.79 Å². The van der Waals surface area contributed by atoms with Crippen molar-refractivity contribution in [2.75, 3.05) is 11.6 Å². The summed E-state index contributed by atoms with van der Waals surface area (Å²) in [6, 6.07) is 0.384. The molecule has 1 aliphatic rings. The van der Waals surface area contributed by atoms with Gasteiger partial charge in [0, 0.05) is 29.2 Å². The average Bonchev–Trinajstić information content (AvgIpc) is 2.40. The number of nitrogens with zero attached hydrogens (tertiary/aromatic N) is 2. The number of hydrogen-bond acceptors (Lipinski definition) is 4. The predicted octanol–water partition coefficient (Wildman–Crippen LogP) is 3.08. The van der Waals surface area contributed by atoms with Gasteiger partial charge < -0.3 is 9.88 Å². The van der Waals surface area contributed by atoms with Gasteiger partial charge in [0.05, 0.1) is 0 Å². The van der Waals surface area contributed by atoms with Gasteiger partial charge in [0.1, 0.15) is 0 Å². The highest BCUT2D eigenvalue weighted by Gasteiger charge is 2.22. The fourth-order valence-corrected chi connectivity index (χ4v) is 3.42. The van der Waals surface area contributed by atoms with Crippen molar-refractivity contribution in [3.8, 4) is 0 Å². The van der Waals surface area contributed by atoms with E-state index in [4.69, 9.17) is 0 Å². The lowest BCUT2D eigenvalue weighted by Crippen LogP contribution is -2.37. The van der Waals surface area contributed by atoms with Crippen LogP contribution in [0.4, 0.5) is 5.82 Å². The van der Waals surface area contributed by atoms with Gasteiger partial charge in [-0.2, -0.15) is 11.8 Å². The van der Waals surface area contributed by atoms with Crippen molar-refractivity contribution in [2.24, 2.45) is 0 Å². The smallest absolute Gasteiger partial charge is 0.293 e. The molecular weight excluding hydrogens is 270 g/mol. The lowest BCUT2D eigenvalue weighted by Gasteiger charge is -2.29. The van der Waals surface area contributed by atoms with Gasteiger partial charge in [-0.25, -0.2) is 4.98 Å². The third-order valence-electron chi connectivity index (χ3n) is 3.91. The molecule has 0 spiro atoms. The first-order chi connectivity index (χ1) is 9.41. The molecule has 1 aromatic rings. The second-order valence-corrected chi connectivity index (χ2v) is 7.61. The summed E-state index contributed by atoms with van der Waals surface area (Å²) in [7, 11) is 0. The maximum Gasteiger partial charge on any atom is 0.293 e. The zero-order valence-corrected chi connectivity index (χ0v) is 13.7. The van der Waals surface area contributed by atoms with E-state index >= 15 is 0 Å². The average molecular weight is 295 g/mol. The van der Waals surface area contributed by atoms with E-state index in [2.05, 4.69) is 16.6 Å². The first-order valence-electron chi connectivity index (χ1n) is 7.29. The van der Waals surface area contributed by atoms with Gasteiger partial charge in [0.15, 0.2) is 5.82 Å². The molecule has 1 heterocycles. The molecule has 0 unspecified atom stereocenters. The molecule has 0 aromatic carbocycles. The SMILES string of the molecule is CSC1CCC(Nc2nccn(C(C)(C)C)c2=O)CC1. The fourth-order valence-electron chi connectivity index (χ4n) is 2.68. The number of anilines is 1. The van der Waals surface area contributed by atoms with E-state index in [1.165, 1.54) is 12.8 Å².